The first-order valence-corrected chi connectivity index (χ1v) is 9.45. The fourth-order valence-electron chi connectivity index (χ4n) is 3.25. The van der Waals surface area contributed by atoms with Gasteiger partial charge in [-0.3, -0.25) is 4.79 Å². The summed E-state index contributed by atoms with van der Waals surface area (Å²) in [6, 6.07) is 8.41. The minimum Gasteiger partial charge on any atom is -0.363 e. The quantitative estimate of drug-likeness (QED) is 0.833. The molecule has 1 atom stereocenters. The molecule has 2 aromatic heterocycles. The fourth-order valence-corrected chi connectivity index (χ4v) is 3.96. The monoisotopic (exact) mass is 343 g/mol. The lowest BCUT2D eigenvalue weighted by molar-refractivity contribution is -0.132. The van der Waals surface area contributed by atoms with Gasteiger partial charge in [-0.1, -0.05) is 6.07 Å². The predicted octanol–water partition coefficient (Wildman–Crippen LogP) is 3.55. The maximum atomic E-state index is 12.6. The zero-order valence-corrected chi connectivity index (χ0v) is 15.3. The minimum absolute atomic E-state index is 0.287. The smallest absolute Gasteiger partial charge is 0.222 e. The number of thiophene rings is 1. The number of hydrogen-bond acceptors (Lipinski definition) is 4. The van der Waals surface area contributed by atoms with E-state index in [1.807, 2.05) is 31.3 Å². The highest BCUT2D eigenvalue weighted by Gasteiger charge is 2.25. The molecule has 0 aliphatic carbocycles. The average molecular weight is 343 g/mol. The summed E-state index contributed by atoms with van der Waals surface area (Å²) in [5.74, 6) is 1.69. The van der Waals surface area contributed by atoms with Crippen molar-refractivity contribution in [2.45, 2.75) is 31.6 Å². The minimum atomic E-state index is 0.287. The van der Waals surface area contributed by atoms with Gasteiger partial charge in [0, 0.05) is 50.6 Å². The first-order valence-electron chi connectivity index (χ1n) is 8.57. The molecule has 3 heterocycles. The van der Waals surface area contributed by atoms with Gasteiger partial charge in [0.25, 0.3) is 0 Å². The van der Waals surface area contributed by atoms with E-state index in [2.05, 4.69) is 33.5 Å². The van der Waals surface area contributed by atoms with Gasteiger partial charge in [0.15, 0.2) is 0 Å². The zero-order chi connectivity index (χ0) is 16.9. The highest BCUT2D eigenvalue weighted by Crippen LogP contribution is 2.28. The van der Waals surface area contributed by atoms with E-state index in [1.165, 1.54) is 10.4 Å². The predicted molar refractivity (Wildman–Crippen MR) is 99.8 cm³/mol. The Bertz CT molecular complexity index is 669. The number of carbonyl (C=O) groups is 1. The van der Waals surface area contributed by atoms with Crippen molar-refractivity contribution in [3.63, 3.8) is 0 Å². The summed E-state index contributed by atoms with van der Waals surface area (Å²) in [6.45, 7) is 1.73. The average Bonchev–Trinajstić information content (AvgIpc) is 3.13. The molecular weight excluding hydrogens is 318 g/mol. The van der Waals surface area contributed by atoms with E-state index >= 15 is 0 Å². The molecule has 24 heavy (non-hydrogen) atoms. The Morgan fingerprint density at radius 3 is 3.04 bits per heavy atom. The molecule has 0 spiro atoms. The molecule has 1 amide bonds. The lowest BCUT2D eigenvalue weighted by atomic mass is 9.91. The lowest BCUT2D eigenvalue weighted by Crippen LogP contribution is -2.39. The summed E-state index contributed by atoms with van der Waals surface area (Å²) >= 11 is 1.73. The standard InChI is InChI=1S/C19H25N3OS/c1-21(2)18-13-15(9-10-20-18)16-5-3-11-22(14-16)19(23)8-7-17-6-4-12-24-17/h4,6,9-10,12-13,16H,3,5,7-8,11,14H2,1-2H3/t16-/m1/s1. The third kappa shape index (κ3) is 4.15. The second-order valence-electron chi connectivity index (χ2n) is 6.60. The molecule has 3 rings (SSSR count). The van der Waals surface area contributed by atoms with Crippen LogP contribution in [0.3, 0.4) is 0 Å². The van der Waals surface area contributed by atoms with Gasteiger partial charge in [-0.2, -0.15) is 0 Å². The molecule has 0 aromatic carbocycles. The van der Waals surface area contributed by atoms with Gasteiger partial charge in [-0.25, -0.2) is 4.98 Å². The van der Waals surface area contributed by atoms with Crippen LogP contribution in [0.5, 0.6) is 0 Å². The maximum absolute atomic E-state index is 12.6. The zero-order valence-electron chi connectivity index (χ0n) is 14.4. The number of likely N-dealkylation sites (tertiary alicyclic amines) is 1. The highest BCUT2D eigenvalue weighted by atomic mass is 32.1. The Balaban J connectivity index is 1.61. The molecule has 5 heteroatoms. The first kappa shape index (κ1) is 17.0. The summed E-state index contributed by atoms with van der Waals surface area (Å²) in [7, 11) is 4.01. The molecule has 0 bridgehead atoms. The van der Waals surface area contributed by atoms with E-state index in [0.717, 1.165) is 38.2 Å². The Morgan fingerprint density at radius 2 is 2.29 bits per heavy atom. The molecule has 4 nitrogen and oxygen atoms in total. The van der Waals surface area contributed by atoms with Crippen molar-refractivity contribution in [2.75, 3.05) is 32.1 Å². The molecule has 0 N–H and O–H groups in total. The molecule has 0 radical (unpaired) electrons. The van der Waals surface area contributed by atoms with Crippen LogP contribution >= 0.6 is 11.3 Å². The topological polar surface area (TPSA) is 36.4 Å². The number of hydrogen-bond donors (Lipinski definition) is 0. The van der Waals surface area contributed by atoms with Crippen LogP contribution in [0.1, 0.15) is 35.6 Å². The van der Waals surface area contributed by atoms with Gasteiger partial charge in [0.1, 0.15) is 5.82 Å². The number of carbonyl (C=O) groups excluding carboxylic acids is 1. The van der Waals surface area contributed by atoms with Crippen molar-refractivity contribution in [3.05, 3.63) is 46.3 Å². The van der Waals surface area contributed by atoms with E-state index in [1.54, 1.807) is 11.3 Å². The Morgan fingerprint density at radius 1 is 1.42 bits per heavy atom. The first-order chi connectivity index (χ1) is 11.6. The van der Waals surface area contributed by atoms with Crippen molar-refractivity contribution in [1.29, 1.82) is 0 Å². The van der Waals surface area contributed by atoms with Crippen molar-refractivity contribution in [1.82, 2.24) is 9.88 Å². The SMILES string of the molecule is CN(C)c1cc([C@@H]2CCCN(C(=O)CCc3cccs3)C2)ccn1. The van der Waals surface area contributed by atoms with E-state index in [4.69, 9.17) is 0 Å². The second kappa shape index (κ2) is 7.79. The number of pyridine rings is 1. The van der Waals surface area contributed by atoms with Crippen LogP contribution in [-0.2, 0) is 11.2 Å². The number of anilines is 1. The van der Waals surface area contributed by atoms with Gasteiger partial charge < -0.3 is 9.80 Å². The van der Waals surface area contributed by atoms with E-state index in [0.29, 0.717) is 12.3 Å². The summed E-state index contributed by atoms with van der Waals surface area (Å²) in [5.41, 5.74) is 1.30. The number of aryl methyl sites for hydroxylation is 1. The normalized spacial score (nSPS) is 17.8. The van der Waals surface area contributed by atoms with E-state index in [-0.39, 0.29) is 5.91 Å². The van der Waals surface area contributed by atoms with Gasteiger partial charge in [-0.15, -0.1) is 11.3 Å². The molecule has 1 aliphatic rings. The van der Waals surface area contributed by atoms with Gasteiger partial charge >= 0.3 is 0 Å². The summed E-state index contributed by atoms with van der Waals surface area (Å²) in [4.78, 5) is 22.3. The van der Waals surface area contributed by atoms with Crippen molar-refractivity contribution in [3.8, 4) is 0 Å². The van der Waals surface area contributed by atoms with Crippen LogP contribution in [0.25, 0.3) is 0 Å². The summed E-state index contributed by atoms with van der Waals surface area (Å²) in [5, 5.41) is 2.07. The number of piperidine rings is 1. The van der Waals surface area contributed by atoms with Crippen LogP contribution in [0.2, 0.25) is 0 Å². The number of aromatic nitrogens is 1. The Labute approximate surface area is 148 Å². The number of nitrogens with zero attached hydrogens (tertiary/aromatic N) is 3. The highest BCUT2D eigenvalue weighted by molar-refractivity contribution is 7.09. The Kier molecular flexibility index (Phi) is 5.51. The summed E-state index contributed by atoms with van der Waals surface area (Å²) < 4.78 is 0. The fraction of sp³-hybridized carbons (Fsp3) is 0.474. The van der Waals surface area contributed by atoms with Gasteiger partial charge in [-0.05, 0) is 48.4 Å². The third-order valence-electron chi connectivity index (χ3n) is 4.64. The molecule has 128 valence electrons. The lowest BCUT2D eigenvalue weighted by Gasteiger charge is -2.33. The molecule has 1 fully saturated rings. The molecule has 0 saturated carbocycles. The molecule has 0 unspecified atom stereocenters. The van der Waals surface area contributed by atoms with Gasteiger partial charge in [0.05, 0.1) is 0 Å². The second-order valence-corrected chi connectivity index (χ2v) is 7.63. The van der Waals surface area contributed by atoms with Crippen LogP contribution in [0.4, 0.5) is 5.82 Å². The largest absolute Gasteiger partial charge is 0.363 e. The summed E-state index contributed by atoms with van der Waals surface area (Å²) in [6.07, 6.45) is 5.58. The van der Waals surface area contributed by atoms with Crippen molar-refractivity contribution >= 4 is 23.1 Å². The van der Waals surface area contributed by atoms with Crippen molar-refractivity contribution in [2.24, 2.45) is 0 Å². The molecule has 1 saturated heterocycles. The molecular formula is C19H25N3OS. The number of amides is 1. The van der Waals surface area contributed by atoms with E-state index < -0.39 is 0 Å². The molecule has 2 aromatic rings. The Hall–Kier alpha value is -1.88. The van der Waals surface area contributed by atoms with Crippen LogP contribution < -0.4 is 4.90 Å². The van der Waals surface area contributed by atoms with E-state index in [9.17, 15) is 4.79 Å². The van der Waals surface area contributed by atoms with Crippen LogP contribution in [-0.4, -0.2) is 43.0 Å². The maximum Gasteiger partial charge on any atom is 0.222 e. The van der Waals surface area contributed by atoms with Crippen molar-refractivity contribution < 1.29 is 4.79 Å². The van der Waals surface area contributed by atoms with Crippen LogP contribution in [0.15, 0.2) is 35.8 Å². The number of rotatable bonds is 5. The van der Waals surface area contributed by atoms with Gasteiger partial charge in [0.2, 0.25) is 5.91 Å². The molecule has 1 aliphatic heterocycles. The van der Waals surface area contributed by atoms with Crippen LogP contribution in [0, 0.1) is 0 Å². The third-order valence-corrected chi connectivity index (χ3v) is 5.57.